The van der Waals surface area contributed by atoms with Crippen molar-refractivity contribution in [2.45, 2.75) is 31.9 Å². The van der Waals surface area contributed by atoms with Crippen molar-refractivity contribution in [1.82, 2.24) is 0 Å². The van der Waals surface area contributed by atoms with E-state index < -0.39 is 29.9 Å². The van der Waals surface area contributed by atoms with Gasteiger partial charge >= 0.3 is 18.3 Å². The fraction of sp³-hybridized carbons (Fsp3) is 0.333. The summed E-state index contributed by atoms with van der Waals surface area (Å²) in [5, 5.41) is 0. The molecule has 15 heteroatoms. The van der Waals surface area contributed by atoms with Crippen LogP contribution in [-0.4, -0.2) is 76.8 Å². The van der Waals surface area contributed by atoms with E-state index in [0.717, 1.165) is 37.5 Å². The molecule has 0 radical (unpaired) electrons. The van der Waals surface area contributed by atoms with Crippen LogP contribution < -0.4 is 28.4 Å². The standard InChI is InChI=1S/C20H18F4O5.C19H18O6/c1-2-19(10-26-11-19)12-27-14-5-3-13(4-6-14)18(25)28-15-7-8-17(16(21)9-15)29-20(22,23)24;20-19(13-1-3-14(4-2-13)21-9-17-11-23-17)25-16-7-5-15(6-8-16)22-10-18-12-24-18/h3-9H,2,10-12H2,1H3;1-8,17-18H,9-12H2. The van der Waals surface area contributed by atoms with Gasteiger partial charge < -0.3 is 42.6 Å². The summed E-state index contributed by atoms with van der Waals surface area (Å²) >= 11 is 0. The molecule has 11 nitrogen and oxygen atoms in total. The third-order valence-electron chi connectivity index (χ3n) is 8.34. The first-order valence-corrected chi connectivity index (χ1v) is 16.9. The van der Waals surface area contributed by atoms with E-state index in [1.807, 2.05) is 0 Å². The van der Waals surface area contributed by atoms with Gasteiger partial charge in [-0.25, -0.2) is 14.0 Å². The third kappa shape index (κ3) is 11.6. The highest BCUT2D eigenvalue weighted by molar-refractivity contribution is 5.91. The molecule has 3 saturated heterocycles. The van der Waals surface area contributed by atoms with Crippen molar-refractivity contribution >= 4 is 11.9 Å². The summed E-state index contributed by atoms with van der Waals surface area (Å²) < 4.78 is 96.3. The molecule has 4 aromatic carbocycles. The Kier molecular flexibility index (Phi) is 12.2. The number of hydrogen-bond donors (Lipinski definition) is 0. The fourth-order valence-electron chi connectivity index (χ4n) is 4.79. The molecule has 0 amide bonds. The van der Waals surface area contributed by atoms with Crippen molar-refractivity contribution in [3.05, 3.63) is 108 Å². The molecule has 286 valence electrons. The summed E-state index contributed by atoms with van der Waals surface area (Å²) in [4.78, 5) is 24.3. The number of rotatable bonds is 15. The minimum Gasteiger partial charge on any atom is -0.493 e. The summed E-state index contributed by atoms with van der Waals surface area (Å²) in [5.41, 5.74) is 0.649. The predicted molar refractivity (Wildman–Crippen MR) is 182 cm³/mol. The van der Waals surface area contributed by atoms with Gasteiger partial charge in [-0.1, -0.05) is 6.92 Å². The van der Waals surface area contributed by atoms with Crippen molar-refractivity contribution in [3.8, 4) is 34.5 Å². The zero-order valence-corrected chi connectivity index (χ0v) is 29.0. The monoisotopic (exact) mass is 756 g/mol. The van der Waals surface area contributed by atoms with Gasteiger partial charge in [0.15, 0.2) is 11.6 Å². The second kappa shape index (κ2) is 17.2. The fourth-order valence-corrected chi connectivity index (χ4v) is 4.79. The van der Waals surface area contributed by atoms with Gasteiger partial charge in [-0.05, 0) is 91.3 Å². The lowest BCUT2D eigenvalue weighted by Crippen LogP contribution is -2.46. The van der Waals surface area contributed by atoms with Crippen LogP contribution in [0.5, 0.6) is 34.5 Å². The number of esters is 2. The molecule has 4 aromatic rings. The Bertz CT molecular complexity index is 1850. The Labute approximate surface area is 307 Å². The van der Waals surface area contributed by atoms with Gasteiger partial charge in [0.2, 0.25) is 0 Å². The van der Waals surface area contributed by atoms with E-state index in [2.05, 4.69) is 11.7 Å². The van der Waals surface area contributed by atoms with Crippen LogP contribution in [0.2, 0.25) is 0 Å². The first-order chi connectivity index (χ1) is 26.0. The minimum absolute atomic E-state index is 0.0175. The molecule has 0 spiro atoms. The summed E-state index contributed by atoms with van der Waals surface area (Å²) in [6, 6.07) is 22.3. The molecule has 0 bridgehead atoms. The smallest absolute Gasteiger partial charge is 0.493 e. The average molecular weight is 757 g/mol. The molecule has 3 fully saturated rings. The van der Waals surface area contributed by atoms with Crippen LogP contribution in [0, 0.1) is 11.2 Å². The zero-order chi connectivity index (χ0) is 38.1. The van der Waals surface area contributed by atoms with Crippen molar-refractivity contribution in [3.63, 3.8) is 0 Å². The minimum atomic E-state index is -5.02. The van der Waals surface area contributed by atoms with E-state index in [4.69, 9.17) is 37.9 Å². The summed E-state index contributed by atoms with van der Waals surface area (Å²) in [6.07, 6.45) is -3.68. The predicted octanol–water partition coefficient (Wildman–Crippen LogP) is 7.21. The highest BCUT2D eigenvalue weighted by Gasteiger charge is 2.37. The van der Waals surface area contributed by atoms with E-state index in [0.29, 0.717) is 61.9 Å². The lowest BCUT2D eigenvalue weighted by Gasteiger charge is -2.40. The summed E-state index contributed by atoms with van der Waals surface area (Å²) in [6.45, 7) is 6.45. The maximum Gasteiger partial charge on any atom is 0.573 e. The van der Waals surface area contributed by atoms with Gasteiger partial charge in [-0.3, -0.25) is 0 Å². The van der Waals surface area contributed by atoms with E-state index in [-0.39, 0.29) is 28.9 Å². The molecule has 54 heavy (non-hydrogen) atoms. The normalized spacial score (nSPS) is 17.8. The van der Waals surface area contributed by atoms with Gasteiger partial charge in [0.05, 0.1) is 49.6 Å². The highest BCUT2D eigenvalue weighted by atomic mass is 19.4. The van der Waals surface area contributed by atoms with Crippen LogP contribution in [0.1, 0.15) is 34.1 Å². The Balaban J connectivity index is 0.000000186. The van der Waals surface area contributed by atoms with E-state index in [1.54, 1.807) is 60.7 Å². The number of ether oxygens (including phenoxy) is 9. The molecule has 2 atom stereocenters. The van der Waals surface area contributed by atoms with Gasteiger partial charge in [-0.15, -0.1) is 13.2 Å². The molecule has 7 rings (SSSR count). The molecular formula is C39H36F4O11. The molecule has 0 aliphatic carbocycles. The number of halogens is 4. The van der Waals surface area contributed by atoms with Gasteiger partial charge in [0, 0.05) is 6.07 Å². The average Bonchev–Trinajstić information content (AvgIpc) is 4.08. The lowest BCUT2D eigenvalue weighted by atomic mass is 9.84. The van der Waals surface area contributed by atoms with Crippen LogP contribution in [0.4, 0.5) is 17.6 Å². The maximum atomic E-state index is 13.7. The quantitative estimate of drug-likeness (QED) is 0.0529. The van der Waals surface area contributed by atoms with Crippen molar-refractivity contribution in [1.29, 1.82) is 0 Å². The molecule has 3 aliphatic rings. The SMILES string of the molecule is CCC1(COc2ccc(C(=O)Oc3ccc(OC(F)(F)F)c(F)c3)cc2)COC1.O=C(Oc1ccc(OCC2CO2)cc1)c1ccc(OCC2CO2)cc1. The number of alkyl halides is 3. The number of benzene rings is 4. The molecule has 0 N–H and O–H groups in total. The second-order valence-corrected chi connectivity index (χ2v) is 12.6. The van der Waals surface area contributed by atoms with E-state index >= 15 is 0 Å². The summed E-state index contributed by atoms with van der Waals surface area (Å²) in [5.74, 6) is -1.33. The molecule has 0 aromatic heterocycles. The van der Waals surface area contributed by atoms with E-state index in [9.17, 15) is 27.2 Å². The molecule has 3 heterocycles. The molecule has 2 unspecified atom stereocenters. The molecule has 3 aliphatic heterocycles. The van der Waals surface area contributed by atoms with Crippen LogP contribution in [0.15, 0.2) is 91.0 Å². The zero-order valence-electron chi connectivity index (χ0n) is 29.0. The van der Waals surface area contributed by atoms with Crippen LogP contribution in [-0.2, 0) is 14.2 Å². The number of carbonyl (C=O) groups is 2. The third-order valence-corrected chi connectivity index (χ3v) is 8.34. The van der Waals surface area contributed by atoms with Crippen LogP contribution in [0.3, 0.4) is 0 Å². The number of epoxide rings is 2. The number of carbonyl (C=O) groups excluding carboxylic acids is 2. The van der Waals surface area contributed by atoms with Gasteiger partial charge in [0.25, 0.3) is 0 Å². The second-order valence-electron chi connectivity index (χ2n) is 12.6. The maximum absolute atomic E-state index is 13.7. The van der Waals surface area contributed by atoms with Crippen LogP contribution in [0.25, 0.3) is 0 Å². The Morgan fingerprint density at radius 3 is 1.56 bits per heavy atom. The first kappa shape index (κ1) is 38.3. The first-order valence-electron chi connectivity index (χ1n) is 16.9. The number of hydrogen-bond acceptors (Lipinski definition) is 11. The van der Waals surface area contributed by atoms with Crippen LogP contribution >= 0.6 is 0 Å². The van der Waals surface area contributed by atoms with Crippen molar-refractivity contribution in [2.24, 2.45) is 5.41 Å². The largest absolute Gasteiger partial charge is 0.573 e. The summed E-state index contributed by atoms with van der Waals surface area (Å²) in [7, 11) is 0. The van der Waals surface area contributed by atoms with Crippen molar-refractivity contribution in [2.75, 3.05) is 46.2 Å². The van der Waals surface area contributed by atoms with Gasteiger partial charge in [0.1, 0.15) is 54.2 Å². The Morgan fingerprint density at radius 1 is 0.685 bits per heavy atom. The topological polar surface area (TPSA) is 124 Å². The van der Waals surface area contributed by atoms with Crippen molar-refractivity contribution < 1.29 is 69.8 Å². The Morgan fingerprint density at radius 2 is 1.13 bits per heavy atom. The molecular weight excluding hydrogens is 720 g/mol. The lowest BCUT2D eigenvalue weighted by molar-refractivity contribution is -0.275. The molecule has 0 saturated carbocycles. The van der Waals surface area contributed by atoms with Gasteiger partial charge in [-0.2, -0.15) is 0 Å². The Hall–Kier alpha value is -5.38. The highest BCUT2D eigenvalue weighted by Crippen LogP contribution is 2.32. The van der Waals surface area contributed by atoms with E-state index in [1.165, 1.54) is 12.1 Å².